The van der Waals surface area contributed by atoms with Gasteiger partial charge in [-0.3, -0.25) is 14.5 Å². The second kappa shape index (κ2) is 7.85. The van der Waals surface area contributed by atoms with Crippen LogP contribution in [-0.2, 0) is 20.9 Å². The molecular weight excluding hydrogens is 427 g/mol. The lowest BCUT2D eigenvalue weighted by atomic mass is 9.92. The number of ether oxygens (including phenoxy) is 1. The molecule has 0 saturated carbocycles. The van der Waals surface area contributed by atoms with E-state index in [1.807, 2.05) is 0 Å². The van der Waals surface area contributed by atoms with Crippen LogP contribution >= 0.6 is 23.2 Å². The summed E-state index contributed by atoms with van der Waals surface area (Å²) >= 11 is 11.4. The molecule has 1 aromatic carbocycles. The summed E-state index contributed by atoms with van der Waals surface area (Å²) in [7, 11) is 0. The van der Waals surface area contributed by atoms with Crippen LogP contribution in [0, 0.1) is 17.6 Å². The third-order valence-corrected chi connectivity index (χ3v) is 5.47. The molecule has 6 nitrogen and oxygen atoms in total. The van der Waals surface area contributed by atoms with Crippen molar-refractivity contribution < 1.29 is 23.1 Å². The highest BCUT2D eigenvalue weighted by Gasteiger charge is 2.47. The molecule has 2 aliphatic rings. The van der Waals surface area contributed by atoms with Crippen molar-refractivity contribution in [2.75, 3.05) is 24.7 Å². The van der Waals surface area contributed by atoms with E-state index in [0.29, 0.717) is 18.8 Å². The first kappa shape index (κ1) is 20.0. The lowest BCUT2D eigenvalue weighted by Crippen LogP contribution is -2.65. The molecule has 2 amide bonds. The number of piperazine rings is 1. The molecule has 4 rings (SSSR count). The summed E-state index contributed by atoms with van der Waals surface area (Å²) in [5.41, 5.74) is 0.488. The van der Waals surface area contributed by atoms with Gasteiger partial charge in [0, 0.05) is 18.7 Å². The zero-order chi connectivity index (χ0) is 20.7. The standard InChI is InChI=1S/C19H15Cl2F2N3O3/c20-12-4-15(23)18(24-5-12)26-7-16(27)25(17(19(26)28)11-8-29-9-11)6-10-1-2-13(21)14(22)3-10/h1-5,11,17H,6-9H2. The van der Waals surface area contributed by atoms with Crippen molar-refractivity contribution in [3.8, 4) is 0 Å². The van der Waals surface area contributed by atoms with Crippen molar-refractivity contribution >= 4 is 40.8 Å². The van der Waals surface area contributed by atoms with Crippen molar-refractivity contribution in [1.29, 1.82) is 0 Å². The van der Waals surface area contributed by atoms with Crippen LogP contribution in [0.15, 0.2) is 30.5 Å². The number of aromatic nitrogens is 1. The van der Waals surface area contributed by atoms with Crippen LogP contribution in [0.25, 0.3) is 0 Å². The van der Waals surface area contributed by atoms with E-state index in [9.17, 15) is 18.4 Å². The monoisotopic (exact) mass is 441 g/mol. The predicted molar refractivity (Wildman–Crippen MR) is 102 cm³/mol. The Hall–Kier alpha value is -2.29. The number of halogens is 4. The van der Waals surface area contributed by atoms with Crippen LogP contribution in [0.5, 0.6) is 0 Å². The first-order valence-electron chi connectivity index (χ1n) is 8.78. The lowest BCUT2D eigenvalue weighted by molar-refractivity contribution is -0.155. The first-order valence-corrected chi connectivity index (χ1v) is 9.54. The normalized spacial score (nSPS) is 20.2. The maximum Gasteiger partial charge on any atom is 0.251 e. The maximum absolute atomic E-state index is 14.3. The minimum atomic E-state index is -0.874. The number of carbonyl (C=O) groups is 2. The van der Waals surface area contributed by atoms with Gasteiger partial charge in [-0.1, -0.05) is 29.3 Å². The second-order valence-electron chi connectivity index (χ2n) is 6.90. The molecule has 0 bridgehead atoms. The van der Waals surface area contributed by atoms with E-state index in [2.05, 4.69) is 4.98 Å². The molecule has 3 heterocycles. The van der Waals surface area contributed by atoms with E-state index in [1.54, 1.807) is 6.07 Å². The molecule has 0 aliphatic carbocycles. The minimum absolute atomic E-state index is 0.0181. The van der Waals surface area contributed by atoms with Crippen molar-refractivity contribution in [3.63, 3.8) is 0 Å². The Bertz CT molecular complexity index is 987. The average Bonchev–Trinajstić information content (AvgIpc) is 2.62. The third-order valence-electron chi connectivity index (χ3n) is 4.96. The van der Waals surface area contributed by atoms with Gasteiger partial charge in [0.15, 0.2) is 11.6 Å². The molecule has 0 spiro atoms. The molecule has 29 heavy (non-hydrogen) atoms. The summed E-state index contributed by atoms with van der Waals surface area (Å²) in [5, 5.41) is 0.0478. The number of hydrogen-bond donors (Lipinski definition) is 0. The van der Waals surface area contributed by atoms with Crippen molar-refractivity contribution in [2.45, 2.75) is 12.6 Å². The van der Waals surface area contributed by atoms with Gasteiger partial charge in [0.05, 0.1) is 23.3 Å². The molecule has 2 saturated heterocycles. The van der Waals surface area contributed by atoms with Crippen molar-refractivity contribution in [1.82, 2.24) is 9.88 Å². The minimum Gasteiger partial charge on any atom is -0.380 e. The molecule has 0 N–H and O–H groups in total. The van der Waals surface area contributed by atoms with E-state index in [0.717, 1.165) is 11.0 Å². The number of hydrogen-bond acceptors (Lipinski definition) is 4. The molecule has 1 unspecified atom stereocenters. The molecule has 0 radical (unpaired) electrons. The van der Waals surface area contributed by atoms with Crippen LogP contribution in [-0.4, -0.2) is 47.5 Å². The van der Waals surface area contributed by atoms with Gasteiger partial charge < -0.3 is 9.64 Å². The molecule has 10 heteroatoms. The van der Waals surface area contributed by atoms with E-state index in [4.69, 9.17) is 27.9 Å². The number of pyridine rings is 1. The van der Waals surface area contributed by atoms with Crippen molar-refractivity contribution in [2.24, 2.45) is 5.92 Å². The van der Waals surface area contributed by atoms with Gasteiger partial charge in [0.25, 0.3) is 5.91 Å². The Morgan fingerprint density at radius 2 is 1.90 bits per heavy atom. The molecule has 1 aromatic heterocycles. The Kier molecular flexibility index (Phi) is 5.42. The van der Waals surface area contributed by atoms with Gasteiger partial charge in [0.1, 0.15) is 18.4 Å². The first-order chi connectivity index (χ1) is 13.8. The number of rotatable bonds is 4. The summed E-state index contributed by atoms with van der Waals surface area (Å²) in [6.07, 6.45) is 1.21. The molecule has 2 fully saturated rings. The van der Waals surface area contributed by atoms with Gasteiger partial charge in [0.2, 0.25) is 5.91 Å². The fraction of sp³-hybridized carbons (Fsp3) is 0.316. The second-order valence-corrected chi connectivity index (χ2v) is 7.74. The smallest absolute Gasteiger partial charge is 0.251 e. The van der Waals surface area contributed by atoms with E-state index in [1.165, 1.54) is 23.2 Å². The van der Waals surface area contributed by atoms with Gasteiger partial charge in [-0.05, 0) is 23.8 Å². The van der Waals surface area contributed by atoms with E-state index < -0.39 is 29.5 Å². The summed E-state index contributed by atoms with van der Waals surface area (Å²) in [6, 6.07) is 4.36. The number of benzene rings is 1. The number of anilines is 1. The predicted octanol–water partition coefficient (Wildman–Crippen LogP) is 3.06. The highest BCUT2D eigenvalue weighted by Crippen LogP contribution is 2.31. The Morgan fingerprint density at radius 3 is 2.52 bits per heavy atom. The zero-order valence-electron chi connectivity index (χ0n) is 14.9. The fourth-order valence-corrected chi connectivity index (χ4v) is 3.71. The molecule has 1 atom stereocenters. The SMILES string of the molecule is O=C1C(C2COC2)N(Cc2ccc(Cl)c(F)c2)C(=O)CN1c1ncc(Cl)cc1F. The Balaban J connectivity index is 1.66. The molecular formula is C19H15Cl2F2N3O3. The average molecular weight is 442 g/mol. The topological polar surface area (TPSA) is 62.7 Å². The van der Waals surface area contributed by atoms with Crippen LogP contribution < -0.4 is 4.90 Å². The number of carbonyl (C=O) groups excluding carboxylic acids is 2. The molecule has 2 aliphatic heterocycles. The summed E-state index contributed by atoms with van der Waals surface area (Å²) in [5.74, 6) is -2.79. The van der Waals surface area contributed by atoms with Crippen LogP contribution in [0.2, 0.25) is 10.0 Å². The van der Waals surface area contributed by atoms with E-state index >= 15 is 0 Å². The molecule has 2 aromatic rings. The summed E-state index contributed by atoms with van der Waals surface area (Å²) in [6.45, 7) is 0.216. The lowest BCUT2D eigenvalue weighted by Gasteiger charge is -2.45. The van der Waals surface area contributed by atoms with Crippen molar-refractivity contribution in [3.05, 3.63) is 57.7 Å². The third kappa shape index (κ3) is 3.80. The fourth-order valence-electron chi connectivity index (χ4n) is 3.45. The quantitative estimate of drug-likeness (QED) is 0.731. The Morgan fingerprint density at radius 1 is 1.14 bits per heavy atom. The number of amides is 2. The van der Waals surface area contributed by atoms with Crippen LogP contribution in [0.4, 0.5) is 14.6 Å². The van der Waals surface area contributed by atoms with Crippen LogP contribution in [0.1, 0.15) is 5.56 Å². The highest BCUT2D eigenvalue weighted by atomic mass is 35.5. The van der Waals surface area contributed by atoms with Crippen LogP contribution in [0.3, 0.4) is 0 Å². The summed E-state index contributed by atoms with van der Waals surface area (Å²) < 4.78 is 33.3. The largest absolute Gasteiger partial charge is 0.380 e. The van der Waals surface area contributed by atoms with Gasteiger partial charge in [-0.25, -0.2) is 13.8 Å². The van der Waals surface area contributed by atoms with Gasteiger partial charge >= 0.3 is 0 Å². The van der Waals surface area contributed by atoms with Gasteiger partial charge in [-0.15, -0.1) is 0 Å². The Labute approximate surface area is 175 Å². The van der Waals surface area contributed by atoms with E-state index in [-0.39, 0.29) is 34.9 Å². The highest BCUT2D eigenvalue weighted by molar-refractivity contribution is 6.30. The zero-order valence-corrected chi connectivity index (χ0v) is 16.5. The molecule has 152 valence electrons. The summed E-state index contributed by atoms with van der Waals surface area (Å²) in [4.78, 5) is 32.4. The number of nitrogens with zero attached hydrogens (tertiary/aromatic N) is 3. The van der Waals surface area contributed by atoms with Gasteiger partial charge in [-0.2, -0.15) is 0 Å². The maximum atomic E-state index is 14.3.